The van der Waals surface area contributed by atoms with Crippen LogP contribution in [0, 0.1) is 0 Å². The van der Waals surface area contributed by atoms with Crippen molar-refractivity contribution in [2.75, 3.05) is 37.8 Å². The minimum absolute atomic E-state index is 0.0243. The van der Waals surface area contributed by atoms with E-state index in [0.717, 1.165) is 12.1 Å². The van der Waals surface area contributed by atoms with Crippen molar-refractivity contribution in [3.8, 4) is 0 Å². The van der Waals surface area contributed by atoms with E-state index >= 15 is 0 Å². The summed E-state index contributed by atoms with van der Waals surface area (Å²) in [5.41, 5.74) is 1.18. The Morgan fingerprint density at radius 2 is 1.61 bits per heavy atom. The molecule has 0 saturated carbocycles. The van der Waals surface area contributed by atoms with Gasteiger partial charge in [-0.25, -0.2) is 9.59 Å². The first-order chi connectivity index (χ1) is 16.8. The molecule has 1 heterocycles. The van der Waals surface area contributed by atoms with Crippen molar-refractivity contribution < 1.29 is 19.1 Å². The van der Waals surface area contributed by atoms with E-state index in [1.807, 2.05) is 32.8 Å². The van der Waals surface area contributed by atoms with Gasteiger partial charge in [-0.3, -0.25) is 15.1 Å². The third kappa shape index (κ3) is 9.91. The van der Waals surface area contributed by atoms with Gasteiger partial charge in [-0.05, 0) is 72.5 Å². The van der Waals surface area contributed by atoms with Crippen LogP contribution in [0.25, 0.3) is 0 Å². The van der Waals surface area contributed by atoms with E-state index in [1.165, 1.54) is 0 Å². The Hall–Kier alpha value is -3.66. The molecule has 36 heavy (non-hydrogen) atoms. The number of hydrogen-bond donors (Lipinski definition) is 3. The number of urea groups is 1. The van der Waals surface area contributed by atoms with Gasteiger partial charge in [-0.1, -0.05) is 18.2 Å². The zero-order valence-corrected chi connectivity index (χ0v) is 22.2. The third-order valence-electron chi connectivity index (χ3n) is 4.76. The molecule has 4 amide bonds. The maximum Gasteiger partial charge on any atom is 0.412 e. The molecule has 2 aromatic rings. The van der Waals surface area contributed by atoms with Crippen LogP contribution < -0.4 is 16.0 Å². The summed E-state index contributed by atoms with van der Waals surface area (Å²) in [6.45, 7) is 10.8. The molecule has 1 aromatic carbocycles. The Morgan fingerprint density at radius 1 is 0.972 bits per heavy atom. The number of benzene rings is 1. The van der Waals surface area contributed by atoms with Crippen molar-refractivity contribution in [2.24, 2.45) is 0 Å². The molecular formula is C26H38N6O4. The number of likely N-dealkylation sites (N-methyl/N-ethyl adjacent to an activating group) is 1. The summed E-state index contributed by atoms with van der Waals surface area (Å²) in [6.07, 6.45) is 0.970. The molecule has 1 aromatic heterocycles. The Labute approximate surface area is 213 Å². The molecule has 0 bridgehead atoms. The highest BCUT2D eigenvalue weighted by Crippen LogP contribution is 2.22. The van der Waals surface area contributed by atoms with Gasteiger partial charge in [0.15, 0.2) is 0 Å². The van der Waals surface area contributed by atoms with Crippen LogP contribution >= 0.6 is 0 Å². The Balaban J connectivity index is 2.08. The van der Waals surface area contributed by atoms with Gasteiger partial charge in [0.2, 0.25) is 0 Å². The highest BCUT2D eigenvalue weighted by atomic mass is 16.6. The molecule has 2 rings (SSSR count). The van der Waals surface area contributed by atoms with Crippen LogP contribution in [0.5, 0.6) is 0 Å². The summed E-state index contributed by atoms with van der Waals surface area (Å²) in [5.74, 6) is -0.429. The summed E-state index contributed by atoms with van der Waals surface area (Å²) in [7, 11) is 3.91. The number of carbonyl (C=O) groups is 3. The summed E-state index contributed by atoms with van der Waals surface area (Å²) in [4.78, 5) is 45.6. The number of nitrogens with one attached hydrogen (secondary N) is 3. The van der Waals surface area contributed by atoms with Crippen molar-refractivity contribution >= 4 is 29.4 Å². The maximum absolute atomic E-state index is 12.8. The van der Waals surface area contributed by atoms with Crippen LogP contribution in [0.2, 0.25) is 0 Å². The van der Waals surface area contributed by atoms with Gasteiger partial charge < -0.3 is 25.2 Å². The van der Waals surface area contributed by atoms with Crippen molar-refractivity contribution in [2.45, 2.75) is 52.8 Å². The average molecular weight is 499 g/mol. The topological polar surface area (TPSA) is 116 Å². The zero-order chi connectivity index (χ0) is 26.9. The molecule has 0 atom stereocenters. The van der Waals surface area contributed by atoms with Crippen molar-refractivity contribution in [1.29, 1.82) is 0 Å². The second-order valence-corrected chi connectivity index (χ2v) is 10.0. The lowest BCUT2D eigenvalue weighted by atomic mass is 10.2. The number of pyridine rings is 1. The van der Waals surface area contributed by atoms with Crippen LogP contribution in [0.1, 0.15) is 50.7 Å². The summed E-state index contributed by atoms with van der Waals surface area (Å²) in [5, 5.41) is 8.35. The molecule has 0 aliphatic carbocycles. The lowest BCUT2D eigenvalue weighted by Gasteiger charge is -2.25. The molecule has 0 fully saturated rings. The number of anilines is 2. The number of para-hydroxylation sites is 2. The lowest BCUT2D eigenvalue weighted by Crippen LogP contribution is -2.45. The fraction of sp³-hybridized carbons (Fsp3) is 0.462. The molecule has 3 N–H and O–H groups in total. The first-order valence-electron chi connectivity index (χ1n) is 11.9. The quantitative estimate of drug-likeness (QED) is 0.478. The number of hydrogen-bond acceptors (Lipinski definition) is 6. The smallest absolute Gasteiger partial charge is 0.412 e. The van der Waals surface area contributed by atoms with E-state index in [1.54, 1.807) is 68.3 Å². The number of amides is 4. The molecule has 0 aliphatic rings. The normalized spacial score (nSPS) is 11.2. The Morgan fingerprint density at radius 3 is 2.14 bits per heavy atom. The van der Waals surface area contributed by atoms with Crippen LogP contribution in [0.4, 0.5) is 21.0 Å². The van der Waals surface area contributed by atoms with Crippen molar-refractivity contribution in [3.05, 3.63) is 53.9 Å². The molecule has 0 spiro atoms. The molecular weight excluding hydrogens is 460 g/mol. The molecule has 10 nitrogen and oxygen atoms in total. The van der Waals surface area contributed by atoms with Crippen LogP contribution in [-0.4, -0.2) is 71.6 Å². The number of ether oxygens (including phenoxy) is 1. The molecule has 0 aliphatic heterocycles. The second-order valence-electron chi connectivity index (χ2n) is 10.0. The standard InChI is InChI=1S/C26H38N6O4/c1-18(2)28-24(34)32(15-14-31(6)7)17-19-12-13-22(27-16-19)23(33)29-20-10-8-9-11-21(20)30-25(35)36-26(3,4)5/h8-13,16,18H,14-15,17H2,1-7H3,(H,28,34)(H,29,33)(H,30,35). The van der Waals surface area contributed by atoms with Gasteiger partial charge in [-0.2, -0.15) is 0 Å². The van der Waals surface area contributed by atoms with Gasteiger partial charge in [0.05, 0.1) is 11.4 Å². The van der Waals surface area contributed by atoms with E-state index < -0.39 is 17.6 Å². The Bertz CT molecular complexity index is 1030. The summed E-state index contributed by atoms with van der Waals surface area (Å²) in [6, 6.07) is 10.1. The van der Waals surface area contributed by atoms with Crippen LogP contribution in [0.15, 0.2) is 42.6 Å². The van der Waals surface area contributed by atoms with Gasteiger partial charge in [0.1, 0.15) is 11.3 Å². The highest BCUT2D eigenvalue weighted by molar-refractivity contribution is 6.05. The summed E-state index contributed by atoms with van der Waals surface area (Å²) < 4.78 is 5.29. The van der Waals surface area contributed by atoms with E-state index in [9.17, 15) is 14.4 Å². The molecule has 0 saturated heterocycles. The zero-order valence-electron chi connectivity index (χ0n) is 22.2. The minimum atomic E-state index is -0.647. The predicted molar refractivity (Wildman–Crippen MR) is 141 cm³/mol. The number of rotatable bonds is 9. The van der Waals surface area contributed by atoms with E-state index in [4.69, 9.17) is 4.74 Å². The monoisotopic (exact) mass is 498 g/mol. The largest absolute Gasteiger partial charge is 0.444 e. The Kier molecular flexibility index (Phi) is 10.2. The van der Waals surface area contributed by atoms with Crippen LogP contribution in [0.3, 0.4) is 0 Å². The SMILES string of the molecule is CC(C)NC(=O)N(CCN(C)C)Cc1ccc(C(=O)Nc2ccccc2NC(=O)OC(C)(C)C)nc1. The van der Waals surface area contributed by atoms with E-state index in [0.29, 0.717) is 24.5 Å². The van der Waals surface area contributed by atoms with Gasteiger partial charge in [-0.15, -0.1) is 0 Å². The average Bonchev–Trinajstić information content (AvgIpc) is 2.76. The van der Waals surface area contributed by atoms with E-state index in [-0.39, 0.29) is 17.8 Å². The first kappa shape index (κ1) is 28.6. The van der Waals surface area contributed by atoms with Crippen molar-refractivity contribution in [3.63, 3.8) is 0 Å². The fourth-order valence-electron chi connectivity index (χ4n) is 3.09. The predicted octanol–water partition coefficient (Wildman–Crippen LogP) is 4.16. The highest BCUT2D eigenvalue weighted by Gasteiger charge is 2.19. The minimum Gasteiger partial charge on any atom is -0.444 e. The second kappa shape index (κ2) is 12.9. The van der Waals surface area contributed by atoms with Crippen molar-refractivity contribution in [1.82, 2.24) is 20.1 Å². The van der Waals surface area contributed by atoms with Gasteiger partial charge in [0, 0.05) is 31.9 Å². The first-order valence-corrected chi connectivity index (χ1v) is 11.9. The third-order valence-corrected chi connectivity index (χ3v) is 4.76. The molecule has 10 heteroatoms. The number of nitrogens with zero attached hydrogens (tertiary/aromatic N) is 3. The maximum atomic E-state index is 12.8. The summed E-state index contributed by atoms with van der Waals surface area (Å²) >= 11 is 0. The molecule has 0 radical (unpaired) electrons. The van der Waals surface area contributed by atoms with Gasteiger partial charge in [0.25, 0.3) is 5.91 Å². The number of carbonyl (C=O) groups excluding carboxylic acids is 3. The fourth-order valence-corrected chi connectivity index (χ4v) is 3.09. The van der Waals surface area contributed by atoms with E-state index in [2.05, 4.69) is 20.9 Å². The molecule has 196 valence electrons. The lowest BCUT2D eigenvalue weighted by molar-refractivity contribution is 0.0635. The van der Waals surface area contributed by atoms with Gasteiger partial charge >= 0.3 is 12.1 Å². The van der Waals surface area contributed by atoms with Crippen LogP contribution in [-0.2, 0) is 11.3 Å². The molecule has 0 unspecified atom stereocenters. The number of aromatic nitrogens is 1.